The second-order valence-corrected chi connectivity index (χ2v) is 7.76. The summed E-state index contributed by atoms with van der Waals surface area (Å²) in [6.45, 7) is 7.98. The van der Waals surface area contributed by atoms with Crippen molar-refractivity contribution in [2.24, 2.45) is 0 Å². The zero-order valence-electron chi connectivity index (χ0n) is 16.0. The van der Waals surface area contributed by atoms with Gasteiger partial charge in [-0.3, -0.25) is 0 Å². The Kier molecular flexibility index (Phi) is 5.59. The van der Waals surface area contributed by atoms with E-state index in [1.165, 1.54) is 11.3 Å². The van der Waals surface area contributed by atoms with Gasteiger partial charge in [-0.1, -0.05) is 22.0 Å². The lowest BCUT2D eigenvalue weighted by molar-refractivity contribution is 0.122. The average molecular weight is 443 g/mol. The van der Waals surface area contributed by atoms with E-state index in [4.69, 9.17) is 4.74 Å². The van der Waals surface area contributed by atoms with Crippen molar-refractivity contribution in [1.82, 2.24) is 20.0 Å². The van der Waals surface area contributed by atoms with E-state index < -0.39 is 0 Å². The number of halogens is 1. The standard InChI is InChI=1S/C20H23BrN6O/c1-14-11-15(2)27(25-14)20-6-5-19(23-24-20)22-13-16-3-4-17(21)12-18(16)26-7-9-28-10-8-26/h3-6,11-12H,7-10,13H2,1-2H3,(H,22,23). The van der Waals surface area contributed by atoms with Crippen LogP contribution in [0.15, 0.2) is 40.9 Å². The number of nitrogens with one attached hydrogen (secondary N) is 1. The van der Waals surface area contributed by atoms with Crippen LogP contribution >= 0.6 is 15.9 Å². The van der Waals surface area contributed by atoms with E-state index in [-0.39, 0.29) is 0 Å². The van der Waals surface area contributed by atoms with Crippen molar-refractivity contribution in [1.29, 1.82) is 0 Å². The quantitative estimate of drug-likeness (QED) is 0.651. The molecule has 1 aliphatic heterocycles. The molecule has 1 aromatic carbocycles. The molecule has 4 rings (SSSR count). The van der Waals surface area contributed by atoms with E-state index in [1.807, 2.05) is 32.0 Å². The summed E-state index contributed by atoms with van der Waals surface area (Å²) in [5.74, 6) is 1.45. The van der Waals surface area contributed by atoms with Crippen molar-refractivity contribution in [3.05, 3.63) is 57.8 Å². The van der Waals surface area contributed by atoms with Crippen LogP contribution < -0.4 is 10.2 Å². The van der Waals surface area contributed by atoms with Gasteiger partial charge in [0.15, 0.2) is 5.82 Å². The number of aromatic nitrogens is 4. The van der Waals surface area contributed by atoms with Crippen LogP contribution in [0.4, 0.5) is 11.5 Å². The molecule has 28 heavy (non-hydrogen) atoms. The number of hydrogen-bond donors (Lipinski definition) is 1. The summed E-state index contributed by atoms with van der Waals surface area (Å²) in [7, 11) is 0. The van der Waals surface area contributed by atoms with Crippen molar-refractivity contribution < 1.29 is 4.74 Å². The molecule has 1 aliphatic rings. The molecule has 1 N–H and O–H groups in total. The van der Waals surface area contributed by atoms with Gasteiger partial charge in [0.25, 0.3) is 0 Å². The highest BCUT2D eigenvalue weighted by atomic mass is 79.9. The molecular formula is C20H23BrN6O. The molecule has 7 nitrogen and oxygen atoms in total. The number of anilines is 2. The second kappa shape index (κ2) is 8.28. The predicted octanol–water partition coefficient (Wildman–Crippen LogP) is 3.49. The number of rotatable bonds is 5. The fourth-order valence-electron chi connectivity index (χ4n) is 3.36. The number of benzene rings is 1. The molecule has 0 spiro atoms. The Bertz CT molecular complexity index is 950. The minimum Gasteiger partial charge on any atom is -0.378 e. The van der Waals surface area contributed by atoms with Crippen LogP contribution in [0.2, 0.25) is 0 Å². The van der Waals surface area contributed by atoms with Gasteiger partial charge < -0.3 is 15.0 Å². The van der Waals surface area contributed by atoms with Crippen molar-refractivity contribution >= 4 is 27.4 Å². The smallest absolute Gasteiger partial charge is 0.176 e. The molecule has 8 heteroatoms. The lowest BCUT2D eigenvalue weighted by Crippen LogP contribution is -2.36. The molecule has 3 heterocycles. The van der Waals surface area contributed by atoms with E-state index in [1.54, 1.807) is 4.68 Å². The Hall–Kier alpha value is -2.45. The summed E-state index contributed by atoms with van der Waals surface area (Å²) in [5, 5.41) is 16.5. The average Bonchev–Trinajstić information content (AvgIpc) is 3.06. The first kappa shape index (κ1) is 18.9. The maximum Gasteiger partial charge on any atom is 0.176 e. The third kappa shape index (κ3) is 4.18. The summed E-state index contributed by atoms with van der Waals surface area (Å²) in [4.78, 5) is 2.36. The minimum absolute atomic E-state index is 0.675. The third-order valence-electron chi connectivity index (χ3n) is 4.74. The van der Waals surface area contributed by atoms with Crippen LogP contribution in [0, 0.1) is 13.8 Å². The normalized spacial score (nSPS) is 14.3. The Labute approximate surface area is 172 Å². The Morgan fingerprint density at radius 2 is 1.89 bits per heavy atom. The summed E-state index contributed by atoms with van der Waals surface area (Å²) in [6.07, 6.45) is 0. The molecule has 0 bridgehead atoms. The maximum atomic E-state index is 5.48. The molecule has 0 amide bonds. The highest BCUT2D eigenvalue weighted by Crippen LogP contribution is 2.26. The number of morpholine rings is 1. The Morgan fingerprint density at radius 3 is 2.57 bits per heavy atom. The second-order valence-electron chi connectivity index (χ2n) is 6.84. The topological polar surface area (TPSA) is 68.1 Å². The minimum atomic E-state index is 0.675. The largest absolute Gasteiger partial charge is 0.378 e. The Balaban J connectivity index is 1.48. The van der Waals surface area contributed by atoms with Gasteiger partial charge in [-0.15, -0.1) is 10.2 Å². The van der Waals surface area contributed by atoms with Crippen LogP contribution in [0.1, 0.15) is 17.0 Å². The highest BCUT2D eigenvalue weighted by Gasteiger charge is 2.15. The van der Waals surface area contributed by atoms with E-state index in [9.17, 15) is 0 Å². The van der Waals surface area contributed by atoms with Gasteiger partial charge in [0.05, 0.1) is 18.9 Å². The number of aryl methyl sites for hydroxylation is 2. The molecule has 0 radical (unpaired) electrons. The monoisotopic (exact) mass is 442 g/mol. The summed E-state index contributed by atoms with van der Waals surface area (Å²) < 4.78 is 8.36. The third-order valence-corrected chi connectivity index (χ3v) is 5.23. The SMILES string of the molecule is Cc1cc(C)n(-c2ccc(NCc3ccc(Br)cc3N3CCOCC3)nn2)n1. The molecule has 0 aliphatic carbocycles. The van der Waals surface area contributed by atoms with E-state index in [0.29, 0.717) is 12.4 Å². The van der Waals surface area contributed by atoms with Crippen LogP contribution in [0.3, 0.4) is 0 Å². The number of ether oxygens (including phenoxy) is 1. The van der Waals surface area contributed by atoms with Gasteiger partial charge in [-0.2, -0.15) is 5.10 Å². The first-order valence-corrected chi connectivity index (χ1v) is 10.1. The first-order valence-electron chi connectivity index (χ1n) is 9.32. The van der Waals surface area contributed by atoms with Crippen molar-refractivity contribution in [2.45, 2.75) is 20.4 Å². The number of nitrogens with zero attached hydrogens (tertiary/aromatic N) is 5. The molecule has 2 aromatic heterocycles. The van der Waals surface area contributed by atoms with Crippen LogP contribution in [0.5, 0.6) is 0 Å². The molecule has 0 atom stereocenters. The zero-order chi connectivity index (χ0) is 19.5. The first-order chi connectivity index (χ1) is 13.6. The van der Waals surface area contributed by atoms with Gasteiger partial charge >= 0.3 is 0 Å². The number of hydrogen-bond acceptors (Lipinski definition) is 6. The Morgan fingerprint density at radius 1 is 1.07 bits per heavy atom. The molecule has 0 saturated carbocycles. The van der Waals surface area contributed by atoms with Gasteiger partial charge in [-0.05, 0) is 49.7 Å². The molecule has 1 fully saturated rings. The predicted molar refractivity (Wildman–Crippen MR) is 113 cm³/mol. The zero-order valence-corrected chi connectivity index (χ0v) is 17.6. The fraction of sp³-hybridized carbons (Fsp3) is 0.350. The van der Waals surface area contributed by atoms with Crippen LogP contribution in [-0.4, -0.2) is 46.3 Å². The molecule has 1 saturated heterocycles. The molecule has 3 aromatic rings. The lowest BCUT2D eigenvalue weighted by Gasteiger charge is -2.31. The molecule has 146 valence electrons. The van der Waals surface area contributed by atoms with E-state index in [2.05, 4.69) is 59.6 Å². The summed E-state index contributed by atoms with van der Waals surface area (Å²) >= 11 is 3.59. The van der Waals surface area contributed by atoms with Crippen LogP contribution in [-0.2, 0) is 11.3 Å². The molecular weight excluding hydrogens is 420 g/mol. The lowest BCUT2D eigenvalue weighted by atomic mass is 10.1. The van der Waals surface area contributed by atoms with Crippen molar-refractivity contribution in [3.8, 4) is 5.82 Å². The fourth-order valence-corrected chi connectivity index (χ4v) is 3.71. The highest BCUT2D eigenvalue weighted by molar-refractivity contribution is 9.10. The van der Waals surface area contributed by atoms with E-state index >= 15 is 0 Å². The van der Waals surface area contributed by atoms with Crippen LogP contribution in [0.25, 0.3) is 5.82 Å². The van der Waals surface area contributed by atoms with Gasteiger partial charge in [0.1, 0.15) is 5.82 Å². The molecule has 0 unspecified atom stereocenters. The van der Waals surface area contributed by atoms with Gasteiger partial charge in [0, 0.05) is 35.5 Å². The maximum absolute atomic E-state index is 5.48. The van der Waals surface area contributed by atoms with Crippen molar-refractivity contribution in [2.75, 3.05) is 36.5 Å². The van der Waals surface area contributed by atoms with Crippen molar-refractivity contribution in [3.63, 3.8) is 0 Å². The van der Waals surface area contributed by atoms with E-state index in [0.717, 1.165) is 48.0 Å². The summed E-state index contributed by atoms with van der Waals surface area (Å²) in [6, 6.07) is 12.3. The summed E-state index contributed by atoms with van der Waals surface area (Å²) in [5.41, 5.74) is 4.44. The van der Waals surface area contributed by atoms with Gasteiger partial charge in [-0.25, -0.2) is 4.68 Å². The van der Waals surface area contributed by atoms with Gasteiger partial charge in [0.2, 0.25) is 0 Å².